The van der Waals surface area contributed by atoms with Gasteiger partial charge in [-0.15, -0.1) is 0 Å². The van der Waals surface area contributed by atoms with Crippen molar-refractivity contribution in [2.24, 2.45) is 5.73 Å². The van der Waals surface area contributed by atoms with E-state index in [1.807, 2.05) is 26.8 Å². The average molecular weight is 390 g/mol. The van der Waals surface area contributed by atoms with Crippen molar-refractivity contribution >= 4 is 21.6 Å². The first kappa shape index (κ1) is 20.9. The number of sulfonamides is 1. The highest BCUT2D eigenvalue weighted by Crippen LogP contribution is 2.24. The summed E-state index contributed by atoms with van der Waals surface area (Å²) in [4.78, 5) is 12.3. The molecule has 2 aromatic carbocycles. The van der Waals surface area contributed by atoms with Crippen LogP contribution in [0.1, 0.15) is 25.8 Å². The standard InChI is InChI=1S/C20H27N3O3S/c1-16-9-11-18(12-10-16)27(25,26)23(17-7-5-4-6-8-17)14-13-19(24)22-15-20(2,3)21/h4-12H,13-15,21H2,1-3H3,(H,22,24). The molecule has 0 heterocycles. The van der Waals surface area contributed by atoms with E-state index in [2.05, 4.69) is 5.32 Å². The maximum absolute atomic E-state index is 13.1. The van der Waals surface area contributed by atoms with Gasteiger partial charge in [-0.1, -0.05) is 35.9 Å². The molecule has 0 unspecified atom stereocenters. The molecule has 7 heteroatoms. The molecule has 0 aliphatic heterocycles. The van der Waals surface area contributed by atoms with Crippen molar-refractivity contribution in [2.45, 2.75) is 37.6 Å². The van der Waals surface area contributed by atoms with Crippen molar-refractivity contribution in [2.75, 3.05) is 17.4 Å². The highest BCUT2D eigenvalue weighted by Gasteiger charge is 2.25. The van der Waals surface area contributed by atoms with Crippen LogP contribution in [0.3, 0.4) is 0 Å². The molecule has 0 spiro atoms. The lowest BCUT2D eigenvalue weighted by Gasteiger charge is -2.25. The lowest BCUT2D eigenvalue weighted by Crippen LogP contribution is -2.45. The third-order valence-electron chi connectivity index (χ3n) is 3.94. The van der Waals surface area contributed by atoms with Crippen LogP contribution in [0, 0.1) is 6.92 Å². The second-order valence-electron chi connectivity index (χ2n) is 7.24. The van der Waals surface area contributed by atoms with Crippen LogP contribution in [-0.4, -0.2) is 33.0 Å². The van der Waals surface area contributed by atoms with Crippen molar-refractivity contribution in [1.82, 2.24) is 5.32 Å². The van der Waals surface area contributed by atoms with Crippen LogP contribution in [0.15, 0.2) is 59.5 Å². The van der Waals surface area contributed by atoms with Crippen LogP contribution >= 0.6 is 0 Å². The van der Waals surface area contributed by atoms with Crippen LogP contribution < -0.4 is 15.4 Å². The number of benzene rings is 2. The Morgan fingerprint density at radius 1 is 1.07 bits per heavy atom. The highest BCUT2D eigenvalue weighted by atomic mass is 32.2. The number of carbonyl (C=O) groups is 1. The number of aryl methyl sites for hydroxylation is 1. The van der Waals surface area contributed by atoms with Crippen molar-refractivity contribution < 1.29 is 13.2 Å². The normalized spacial score (nSPS) is 11.9. The molecule has 0 bridgehead atoms. The number of anilines is 1. The second-order valence-corrected chi connectivity index (χ2v) is 9.10. The molecule has 3 N–H and O–H groups in total. The number of rotatable bonds is 8. The number of para-hydroxylation sites is 1. The number of amides is 1. The van der Waals surface area contributed by atoms with Crippen LogP contribution in [0.5, 0.6) is 0 Å². The number of nitrogens with zero attached hydrogens (tertiary/aromatic N) is 1. The van der Waals surface area contributed by atoms with E-state index in [1.165, 1.54) is 4.31 Å². The van der Waals surface area contributed by atoms with E-state index >= 15 is 0 Å². The first-order valence-corrected chi connectivity index (χ1v) is 10.2. The molecule has 0 atom stereocenters. The number of nitrogens with two attached hydrogens (primary N) is 1. The van der Waals surface area contributed by atoms with Crippen molar-refractivity contribution in [3.05, 3.63) is 60.2 Å². The van der Waals surface area contributed by atoms with Gasteiger partial charge >= 0.3 is 0 Å². The van der Waals surface area contributed by atoms with Gasteiger partial charge < -0.3 is 11.1 Å². The van der Waals surface area contributed by atoms with E-state index < -0.39 is 15.6 Å². The van der Waals surface area contributed by atoms with Crippen molar-refractivity contribution in [1.29, 1.82) is 0 Å². The van der Waals surface area contributed by atoms with E-state index in [-0.39, 0.29) is 23.8 Å². The summed E-state index contributed by atoms with van der Waals surface area (Å²) in [6.07, 6.45) is 0.0378. The van der Waals surface area contributed by atoms with Gasteiger partial charge in [-0.3, -0.25) is 9.10 Å². The van der Waals surface area contributed by atoms with Gasteiger partial charge in [0.15, 0.2) is 0 Å². The third-order valence-corrected chi connectivity index (χ3v) is 5.78. The zero-order chi connectivity index (χ0) is 20.1. The summed E-state index contributed by atoms with van der Waals surface area (Å²) in [5.74, 6) is -0.242. The van der Waals surface area contributed by atoms with Gasteiger partial charge in [0, 0.05) is 25.0 Å². The summed E-state index contributed by atoms with van der Waals surface area (Å²) in [7, 11) is -3.78. The lowest BCUT2D eigenvalue weighted by atomic mass is 10.1. The minimum atomic E-state index is -3.78. The molecular formula is C20H27N3O3S. The van der Waals surface area contributed by atoms with Gasteiger partial charge in [0.1, 0.15) is 0 Å². The van der Waals surface area contributed by atoms with Gasteiger partial charge in [0.2, 0.25) is 5.91 Å². The Kier molecular flexibility index (Phi) is 6.62. The molecule has 27 heavy (non-hydrogen) atoms. The van der Waals surface area contributed by atoms with Gasteiger partial charge in [-0.2, -0.15) is 0 Å². The minimum absolute atomic E-state index is 0.0378. The maximum Gasteiger partial charge on any atom is 0.264 e. The van der Waals surface area contributed by atoms with E-state index in [4.69, 9.17) is 5.73 Å². The molecular weight excluding hydrogens is 362 g/mol. The number of hydrogen-bond acceptors (Lipinski definition) is 4. The Morgan fingerprint density at radius 3 is 2.22 bits per heavy atom. The fourth-order valence-electron chi connectivity index (χ4n) is 2.44. The quantitative estimate of drug-likeness (QED) is 0.725. The molecule has 0 aliphatic carbocycles. The van der Waals surface area contributed by atoms with Crippen LogP contribution in [0.4, 0.5) is 5.69 Å². The summed E-state index contributed by atoms with van der Waals surface area (Å²) in [6, 6.07) is 15.5. The Balaban J connectivity index is 2.22. The Labute approximate surface area is 161 Å². The summed E-state index contributed by atoms with van der Waals surface area (Å²) < 4.78 is 27.6. The van der Waals surface area contributed by atoms with Gasteiger partial charge in [0.25, 0.3) is 10.0 Å². The summed E-state index contributed by atoms with van der Waals surface area (Å²) in [6.45, 7) is 5.88. The van der Waals surface area contributed by atoms with Gasteiger partial charge in [-0.05, 0) is 45.0 Å². The molecule has 0 saturated heterocycles. The smallest absolute Gasteiger partial charge is 0.264 e. The second kappa shape index (κ2) is 8.54. The maximum atomic E-state index is 13.1. The van der Waals surface area contributed by atoms with Crippen LogP contribution in [0.2, 0.25) is 0 Å². The minimum Gasteiger partial charge on any atom is -0.354 e. The molecule has 0 radical (unpaired) electrons. The largest absolute Gasteiger partial charge is 0.354 e. The van der Waals surface area contributed by atoms with Gasteiger partial charge in [-0.25, -0.2) is 8.42 Å². The molecule has 0 aliphatic rings. The fraction of sp³-hybridized carbons (Fsp3) is 0.350. The number of hydrogen-bond donors (Lipinski definition) is 2. The topological polar surface area (TPSA) is 92.5 Å². The summed E-state index contributed by atoms with van der Waals surface area (Å²) in [5, 5.41) is 2.74. The van der Waals surface area contributed by atoms with E-state index in [0.717, 1.165) is 5.56 Å². The van der Waals surface area contributed by atoms with Crippen LogP contribution in [0.25, 0.3) is 0 Å². The monoisotopic (exact) mass is 389 g/mol. The molecule has 1 amide bonds. The summed E-state index contributed by atoms with van der Waals surface area (Å²) in [5.41, 5.74) is 6.84. The first-order valence-electron chi connectivity index (χ1n) is 8.80. The molecule has 2 aromatic rings. The molecule has 146 valence electrons. The van der Waals surface area contributed by atoms with E-state index in [1.54, 1.807) is 48.5 Å². The molecule has 6 nitrogen and oxygen atoms in total. The Hall–Kier alpha value is -2.38. The van der Waals surface area contributed by atoms with E-state index in [9.17, 15) is 13.2 Å². The number of carbonyl (C=O) groups excluding carboxylic acids is 1. The molecule has 0 aromatic heterocycles. The fourth-order valence-corrected chi connectivity index (χ4v) is 3.90. The zero-order valence-corrected chi connectivity index (χ0v) is 16.8. The lowest BCUT2D eigenvalue weighted by molar-refractivity contribution is -0.121. The van der Waals surface area contributed by atoms with Gasteiger partial charge in [0.05, 0.1) is 10.6 Å². The van der Waals surface area contributed by atoms with Crippen molar-refractivity contribution in [3.8, 4) is 0 Å². The van der Waals surface area contributed by atoms with Crippen molar-refractivity contribution in [3.63, 3.8) is 0 Å². The Bertz CT molecular complexity index is 858. The molecule has 0 fully saturated rings. The third kappa shape index (κ3) is 6.08. The predicted octanol–water partition coefficient (Wildman–Crippen LogP) is 2.43. The SMILES string of the molecule is Cc1ccc(S(=O)(=O)N(CCC(=O)NCC(C)(C)N)c2ccccc2)cc1. The zero-order valence-electron chi connectivity index (χ0n) is 16.0. The summed E-state index contributed by atoms with van der Waals surface area (Å²) >= 11 is 0. The van der Waals surface area contributed by atoms with Crippen LogP contribution in [-0.2, 0) is 14.8 Å². The average Bonchev–Trinajstić information content (AvgIpc) is 2.60. The number of nitrogens with one attached hydrogen (secondary N) is 1. The highest BCUT2D eigenvalue weighted by molar-refractivity contribution is 7.92. The predicted molar refractivity (Wildman–Crippen MR) is 108 cm³/mol. The molecule has 2 rings (SSSR count). The molecule has 0 saturated carbocycles. The van der Waals surface area contributed by atoms with E-state index in [0.29, 0.717) is 12.2 Å². The first-order chi connectivity index (χ1) is 12.6. The Morgan fingerprint density at radius 2 is 1.67 bits per heavy atom.